The van der Waals surface area contributed by atoms with Crippen molar-refractivity contribution in [2.24, 2.45) is 0 Å². The van der Waals surface area contributed by atoms with Crippen molar-refractivity contribution in [1.29, 1.82) is 0 Å². The largest absolute Gasteiger partial charge is 0.493 e. The molecule has 0 saturated carbocycles. The number of carbonyl (C=O) groups is 1. The fourth-order valence-corrected chi connectivity index (χ4v) is 2.70. The van der Waals surface area contributed by atoms with Crippen molar-refractivity contribution in [3.05, 3.63) is 47.0 Å². The van der Waals surface area contributed by atoms with Gasteiger partial charge in [-0.05, 0) is 44.0 Å². The van der Waals surface area contributed by atoms with Crippen molar-refractivity contribution in [3.8, 4) is 11.5 Å². The smallest absolute Gasteiger partial charge is 0.291 e. The van der Waals surface area contributed by atoms with Gasteiger partial charge in [0, 0.05) is 17.9 Å². The SMILES string of the molecule is COc1ccc(CCNC(=O)c2nc3nc(C)cc(C)n3n2)cc1OC. The summed E-state index contributed by atoms with van der Waals surface area (Å²) < 4.78 is 12.1. The van der Waals surface area contributed by atoms with Crippen molar-refractivity contribution in [3.63, 3.8) is 0 Å². The van der Waals surface area contributed by atoms with Crippen LogP contribution in [0.25, 0.3) is 5.78 Å². The Morgan fingerprint density at radius 3 is 2.62 bits per heavy atom. The number of ether oxygens (including phenoxy) is 2. The van der Waals surface area contributed by atoms with Gasteiger partial charge in [-0.2, -0.15) is 4.98 Å². The van der Waals surface area contributed by atoms with Gasteiger partial charge >= 0.3 is 0 Å². The zero-order valence-electron chi connectivity index (χ0n) is 15.2. The summed E-state index contributed by atoms with van der Waals surface area (Å²) in [6.45, 7) is 4.23. The number of hydrogen-bond acceptors (Lipinski definition) is 6. The fraction of sp³-hybridized carbons (Fsp3) is 0.333. The molecule has 0 saturated heterocycles. The number of aryl methyl sites for hydroxylation is 2. The third-order valence-corrected chi connectivity index (χ3v) is 3.97. The predicted octanol–water partition coefficient (Wildman–Crippen LogP) is 1.73. The second-order valence-electron chi connectivity index (χ2n) is 5.88. The molecule has 0 aliphatic heterocycles. The molecule has 26 heavy (non-hydrogen) atoms. The molecule has 1 aromatic carbocycles. The Bertz CT molecular complexity index is 951. The molecule has 0 spiro atoms. The van der Waals surface area contributed by atoms with Gasteiger partial charge in [0.05, 0.1) is 14.2 Å². The molecule has 1 amide bonds. The second kappa shape index (κ2) is 7.38. The summed E-state index contributed by atoms with van der Waals surface area (Å²) >= 11 is 0. The number of aromatic nitrogens is 4. The summed E-state index contributed by atoms with van der Waals surface area (Å²) in [4.78, 5) is 20.8. The third-order valence-electron chi connectivity index (χ3n) is 3.97. The summed E-state index contributed by atoms with van der Waals surface area (Å²) in [6.07, 6.45) is 0.649. The predicted molar refractivity (Wildman–Crippen MR) is 95.8 cm³/mol. The first-order chi connectivity index (χ1) is 12.5. The monoisotopic (exact) mass is 355 g/mol. The van der Waals surface area contributed by atoms with E-state index in [-0.39, 0.29) is 11.7 Å². The molecular weight excluding hydrogens is 334 g/mol. The van der Waals surface area contributed by atoms with Gasteiger partial charge in [0.15, 0.2) is 11.5 Å². The number of nitrogens with zero attached hydrogens (tertiary/aromatic N) is 4. The average molecular weight is 355 g/mol. The summed E-state index contributed by atoms with van der Waals surface area (Å²) in [5.41, 5.74) is 2.74. The lowest BCUT2D eigenvalue weighted by Gasteiger charge is -2.09. The lowest BCUT2D eigenvalue weighted by Crippen LogP contribution is -2.26. The molecule has 136 valence electrons. The number of carbonyl (C=O) groups excluding carboxylic acids is 1. The number of methoxy groups -OCH3 is 2. The minimum absolute atomic E-state index is 0.110. The van der Waals surface area contributed by atoms with Crippen LogP contribution < -0.4 is 14.8 Å². The van der Waals surface area contributed by atoms with E-state index in [1.807, 2.05) is 38.1 Å². The van der Waals surface area contributed by atoms with E-state index in [9.17, 15) is 4.79 Å². The normalized spacial score (nSPS) is 10.8. The zero-order valence-corrected chi connectivity index (χ0v) is 15.2. The minimum Gasteiger partial charge on any atom is -0.493 e. The lowest BCUT2D eigenvalue weighted by atomic mass is 10.1. The Morgan fingerprint density at radius 1 is 1.12 bits per heavy atom. The van der Waals surface area contributed by atoms with Crippen LogP contribution >= 0.6 is 0 Å². The van der Waals surface area contributed by atoms with Crippen molar-refractivity contribution in [2.75, 3.05) is 20.8 Å². The second-order valence-corrected chi connectivity index (χ2v) is 5.88. The molecule has 3 rings (SSSR count). The van der Waals surface area contributed by atoms with Crippen LogP contribution in [-0.4, -0.2) is 46.3 Å². The van der Waals surface area contributed by atoms with Gasteiger partial charge in [-0.1, -0.05) is 6.07 Å². The topological polar surface area (TPSA) is 90.6 Å². The molecular formula is C18H21N5O3. The average Bonchev–Trinajstić information content (AvgIpc) is 3.06. The highest BCUT2D eigenvalue weighted by Gasteiger charge is 2.14. The van der Waals surface area contributed by atoms with Crippen LogP contribution in [0.4, 0.5) is 0 Å². The van der Waals surface area contributed by atoms with Gasteiger partial charge in [-0.15, -0.1) is 5.10 Å². The highest BCUT2D eigenvalue weighted by molar-refractivity contribution is 5.90. The number of nitrogens with one attached hydrogen (secondary N) is 1. The molecule has 8 nitrogen and oxygen atoms in total. The van der Waals surface area contributed by atoms with E-state index in [2.05, 4.69) is 20.4 Å². The molecule has 0 fully saturated rings. The number of rotatable bonds is 6. The molecule has 3 aromatic rings. The molecule has 0 radical (unpaired) electrons. The fourth-order valence-electron chi connectivity index (χ4n) is 2.70. The molecule has 2 aromatic heterocycles. The highest BCUT2D eigenvalue weighted by Crippen LogP contribution is 2.27. The van der Waals surface area contributed by atoms with E-state index in [0.717, 1.165) is 17.0 Å². The van der Waals surface area contributed by atoms with E-state index in [1.54, 1.807) is 18.7 Å². The third kappa shape index (κ3) is 3.58. The van der Waals surface area contributed by atoms with Gasteiger partial charge in [-0.25, -0.2) is 9.50 Å². The van der Waals surface area contributed by atoms with Crippen LogP contribution in [0, 0.1) is 13.8 Å². The Labute approximate surface area is 151 Å². The number of hydrogen-bond donors (Lipinski definition) is 1. The zero-order chi connectivity index (χ0) is 18.7. The maximum atomic E-state index is 12.3. The maximum Gasteiger partial charge on any atom is 0.291 e. The van der Waals surface area contributed by atoms with E-state index in [1.165, 1.54) is 0 Å². The molecule has 0 unspecified atom stereocenters. The van der Waals surface area contributed by atoms with Crippen LogP contribution in [0.2, 0.25) is 0 Å². The Kier molecular flexibility index (Phi) is 5.01. The first kappa shape index (κ1) is 17.7. The van der Waals surface area contributed by atoms with Crippen LogP contribution in [0.1, 0.15) is 27.6 Å². The van der Waals surface area contributed by atoms with E-state index in [4.69, 9.17) is 9.47 Å². The molecule has 0 aliphatic rings. The van der Waals surface area contributed by atoms with Crippen molar-refractivity contribution in [2.45, 2.75) is 20.3 Å². The van der Waals surface area contributed by atoms with Crippen LogP contribution in [0.3, 0.4) is 0 Å². The first-order valence-electron chi connectivity index (χ1n) is 8.22. The molecule has 0 aliphatic carbocycles. The first-order valence-corrected chi connectivity index (χ1v) is 8.22. The minimum atomic E-state index is -0.326. The van der Waals surface area contributed by atoms with E-state index < -0.39 is 0 Å². The molecule has 0 atom stereocenters. The van der Waals surface area contributed by atoms with Gasteiger partial charge in [0.2, 0.25) is 5.82 Å². The van der Waals surface area contributed by atoms with Crippen LogP contribution in [-0.2, 0) is 6.42 Å². The Hall–Kier alpha value is -3.16. The molecule has 2 heterocycles. The van der Waals surface area contributed by atoms with E-state index >= 15 is 0 Å². The quantitative estimate of drug-likeness (QED) is 0.724. The standard InChI is InChI=1S/C18H21N5O3/c1-11-9-12(2)23-18(20-11)21-16(22-23)17(24)19-8-7-13-5-6-14(25-3)15(10-13)26-4/h5-6,9-10H,7-8H2,1-4H3,(H,19,24). The van der Waals surface area contributed by atoms with Gasteiger partial charge in [0.1, 0.15) is 0 Å². The molecule has 8 heteroatoms. The van der Waals surface area contributed by atoms with Crippen molar-refractivity contribution >= 4 is 11.7 Å². The molecule has 1 N–H and O–H groups in total. The number of fused-ring (bicyclic) bond motifs is 1. The molecule has 0 bridgehead atoms. The van der Waals surface area contributed by atoms with Gasteiger partial charge in [0.25, 0.3) is 11.7 Å². The van der Waals surface area contributed by atoms with Gasteiger partial charge in [-0.3, -0.25) is 4.79 Å². The Morgan fingerprint density at radius 2 is 1.88 bits per heavy atom. The summed E-state index contributed by atoms with van der Waals surface area (Å²) in [7, 11) is 3.19. The van der Waals surface area contributed by atoms with E-state index in [0.29, 0.717) is 30.2 Å². The number of benzene rings is 1. The Balaban J connectivity index is 1.65. The summed E-state index contributed by atoms with van der Waals surface area (Å²) in [5.74, 6) is 1.54. The van der Waals surface area contributed by atoms with Crippen molar-refractivity contribution < 1.29 is 14.3 Å². The number of amides is 1. The van der Waals surface area contributed by atoms with Gasteiger partial charge < -0.3 is 14.8 Å². The van der Waals surface area contributed by atoms with Crippen LogP contribution in [0.5, 0.6) is 11.5 Å². The van der Waals surface area contributed by atoms with Crippen LogP contribution in [0.15, 0.2) is 24.3 Å². The lowest BCUT2D eigenvalue weighted by molar-refractivity contribution is 0.0944. The summed E-state index contributed by atoms with van der Waals surface area (Å²) in [5, 5.41) is 7.05. The maximum absolute atomic E-state index is 12.3. The summed E-state index contributed by atoms with van der Waals surface area (Å²) in [6, 6.07) is 7.56. The van der Waals surface area contributed by atoms with Crippen molar-refractivity contribution in [1.82, 2.24) is 24.9 Å². The highest BCUT2D eigenvalue weighted by atomic mass is 16.5.